The molecule has 0 unspecified atom stereocenters. The molecule has 0 saturated heterocycles. The first-order chi connectivity index (χ1) is 19.8. The Morgan fingerprint density at radius 3 is 0.829 bits per heavy atom. The van der Waals surface area contributed by atoms with Gasteiger partial charge in [0.25, 0.3) is 0 Å². The van der Waals surface area contributed by atoms with Crippen molar-refractivity contribution in [1.82, 2.24) is 0 Å². The van der Waals surface area contributed by atoms with Crippen LogP contribution in [0.25, 0.3) is 0 Å². The molecule has 0 spiro atoms. The van der Waals surface area contributed by atoms with E-state index in [0.29, 0.717) is 0 Å². The van der Waals surface area contributed by atoms with E-state index in [2.05, 4.69) is 79.7 Å². The van der Waals surface area contributed by atoms with Crippen LogP contribution in [0.2, 0.25) is 18.1 Å². The normalized spacial score (nSPS) is 13.0. The Labute approximate surface area is 250 Å². The summed E-state index contributed by atoms with van der Waals surface area (Å²) in [6.07, 6.45) is 2.78. The molecular weight excluding hydrogens is 565 g/mol. The average Bonchev–Trinajstić information content (AvgIpc) is 3.05. The lowest BCUT2D eigenvalue weighted by Crippen LogP contribution is -2.55. The van der Waals surface area contributed by atoms with Gasteiger partial charge < -0.3 is 26.6 Å². The Balaban J connectivity index is 1.94. The molecule has 41 heavy (non-hydrogen) atoms. The van der Waals surface area contributed by atoms with Gasteiger partial charge >= 0.3 is 25.7 Å². The van der Waals surface area contributed by atoms with Crippen molar-refractivity contribution in [3.63, 3.8) is 0 Å². The molecular formula is C32H48O6Si3. The maximum Gasteiger partial charge on any atom is 0.372 e. The molecule has 0 fully saturated rings. The minimum Gasteiger partial charge on any atom is -0.394 e. The summed E-state index contributed by atoms with van der Waals surface area (Å²) in [6.45, 7) is 2.38. The van der Waals surface area contributed by atoms with Gasteiger partial charge in [-0.2, -0.15) is 0 Å². The molecule has 0 aliphatic carbocycles. The Kier molecular flexibility index (Phi) is 12.7. The molecule has 6 nitrogen and oxygen atoms in total. The van der Waals surface area contributed by atoms with E-state index in [1.807, 2.05) is 18.2 Å². The van der Waals surface area contributed by atoms with Gasteiger partial charge in [0.05, 0.1) is 0 Å². The van der Waals surface area contributed by atoms with Crippen LogP contribution in [0.1, 0.15) is 26.2 Å². The molecule has 0 aliphatic rings. The molecule has 0 bridgehead atoms. The van der Waals surface area contributed by atoms with Crippen LogP contribution in [0.5, 0.6) is 0 Å². The second-order valence-corrected chi connectivity index (χ2v) is 21.1. The van der Waals surface area contributed by atoms with Crippen molar-refractivity contribution in [2.75, 3.05) is 42.7 Å². The summed E-state index contributed by atoms with van der Waals surface area (Å²) in [6, 6.07) is 33.7. The molecule has 3 aromatic carbocycles. The first-order valence-corrected chi connectivity index (χ1v) is 20.3. The van der Waals surface area contributed by atoms with Crippen molar-refractivity contribution in [1.29, 1.82) is 0 Å². The summed E-state index contributed by atoms with van der Waals surface area (Å²) >= 11 is 0. The summed E-state index contributed by atoms with van der Waals surface area (Å²) in [5.74, 6) is 0. The quantitative estimate of drug-likeness (QED) is 0.187. The number of hydrogen-bond donors (Lipinski definition) is 0. The summed E-state index contributed by atoms with van der Waals surface area (Å²) in [5, 5.41) is 3.45. The average molecular weight is 613 g/mol. The second-order valence-electron chi connectivity index (χ2n) is 10.9. The van der Waals surface area contributed by atoms with Gasteiger partial charge in [-0.15, -0.1) is 0 Å². The maximum absolute atomic E-state index is 6.22. The zero-order valence-corrected chi connectivity index (χ0v) is 28.9. The Morgan fingerprint density at radius 2 is 0.634 bits per heavy atom. The van der Waals surface area contributed by atoms with Gasteiger partial charge in [0.1, 0.15) is 0 Å². The molecule has 0 aromatic heterocycles. The van der Waals surface area contributed by atoms with E-state index < -0.39 is 25.7 Å². The van der Waals surface area contributed by atoms with E-state index in [-0.39, 0.29) is 5.41 Å². The Bertz CT molecular complexity index is 994. The van der Waals surface area contributed by atoms with E-state index >= 15 is 0 Å². The minimum absolute atomic E-state index is 0.0712. The van der Waals surface area contributed by atoms with E-state index in [1.54, 1.807) is 42.7 Å². The third-order valence-electron chi connectivity index (χ3n) is 8.79. The highest BCUT2D eigenvalue weighted by Crippen LogP contribution is 2.40. The molecule has 9 heteroatoms. The van der Waals surface area contributed by atoms with E-state index in [1.165, 1.54) is 0 Å². The fourth-order valence-corrected chi connectivity index (χ4v) is 14.8. The van der Waals surface area contributed by atoms with Crippen LogP contribution in [0.3, 0.4) is 0 Å². The maximum atomic E-state index is 6.22. The van der Waals surface area contributed by atoms with Crippen molar-refractivity contribution < 1.29 is 26.6 Å². The predicted octanol–water partition coefficient (Wildman–Crippen LogP) is 5.09. The van der Waals surface area contributed by atoms with Gasteiger partial charge in [0.15, 0.2) is 0 Å². The molecule has 0 N–H and O–H groups in total. The summed E-state index contributed by atoms with van der Waals surface area (Å²) in [7, 11) is 2.78. The first kappa shape index (κ1) is 33.6. The van der Waals surface area contributed by atoms with Crippen LogP contribution in [0.4, 0.5) is 0 Å². The highest BCUT2D eigenvalue weighted by molar-refractivity contribution is 6.82. The van der Waals surface area contributed by atoms with Crippen LogP contribution < -0.4 is 15.6 Å². The number of rotatable bonds is 18. The summed E-state index contributed by atoms with van der Waals surface area (Å²) in [4.78, 5) is 0. The van der Waals surface area contributed by atoms with Crippen LogP contribution >= 0.6 is 0 Å². The number of benzene rings is 3. The van der Waals surface area contributed by atoms with Crippen molar-refractivity contribution in [2.24, 2.45) is 5.41 Å². The van der Waals surface area contributed by atoms with E-state index in [4.69, 9.17) is 26.6 Å². The smallest absolute Gasteiger partial charge is 0.372 e. The molecule has 0 atom stereocenters. The predicted molar refractivity (Wildman–Crippen MR) is 174 cm³/mol. The standard InChI is InChI=1S/C32H48O6Si3/c1-32(23-26-39(33-2,34-3)29-17-11-8-12-18-29,24-27-40(35-4,36-5)30-19-13-9-14-20-30)25-28-41(37-6,38-7)31-21-15-10-16-22-31/h8-22H,23-28H2,1-7H3. The molecule has 224 valence electrons. The van der Waals surface area contributed by atoms with Gasteiger partial charge in [-0.25, -0.2) is 0 Å². The SMILES string of the molecule is CO[Si](CCC(C)(CC[Si](OC)(OC)c1ccccc1)CC[Si](OC)(OC)c1ccccc1)(OC)c1ccccc1. The topological polar surface area (TPSA) is 55.4 Å². The highest BCUT2D eigenvalue weighted by Gasteiger charge is 2.46. The lowest BCUT2D eigenvalue weighted by molar-refractivity contribution is 0.207. The van der Waals surface area contributed by atoms with Gasteiger partial charge in [0, 0.05) is 42.7 Å². The third-order valence-corrected chi connectivity index (χ3v) is 19.1. The highest BCUT2D eigenvalue weighted by atomic mass is 28.4. The summed E-state index contributed by atoms with van der Waals surface area (Å²) < 4.78 is 37.3. The van der Waals surface area contributed by atoms with Gasteiger partial charge in [-0.1, -0.05) is 97.9 Å². The molecule has 0 radical (unpaired) electrons. The monoisotopic (exact) mass is 612 g/mol. The first-order valence-electron chi connectivity index (χ1n) is 14.3. The molecule has 0 heterocycles. The van der Waals surface area contributed by atoms with Crippen LogP contribution in [0.15, 0.2) is 91.0 Å². The largest absolute Gasteiger partial charge is 0.394 e. The van der Waals surface area contributed by atoms with Crippen molar-refractivity contribution in [2.45, 2.75) is 44.3 Å². The zero-order valence-electron chi connectivity index (χ0n) is 25.9. The second kappa shape index (κ2) is 15.5. The van der Waals surface area contributed by atoms with Crippen LogP contribution in [-0.2, 0) is 26.6 Å². The van der Waals surface area contributed by atoms with E-state index in [0.717, 1.165) is 53.0 Å². The molecule has 0 aliphatic heterocycles. The van der Waals surface area contributed by atoms with Crippen LogP contribution in [-0.4, -0.2) is 68.3 Å². The molecule has 3 aromatic rings. The summed E-state index contributed by atoms with van der Waals surface area (Å²) in [5.41, 5.74) is -0.0712. The Hall–Kier alpha value is -1.93. The third kappa shape index (κ3) is 7.92. The van der Waals surface area contributed by atoms with Crippen molar-refractivity contribution in [3.8, 4) is 0 Å². The molecule has 0 amide bonds. The zero-order chi connectivity index (χ0) is 29.8. The fourth-order valence-electron chi connectivity index (χ4n) is 5.85. The van der Waals surface area contributed by atoms with Crippen molar-refractivity contribution >= 4 is 41.2 Å². The van der Waals surface area contributed by atoms with E-state index in [9.17, 15) is 0 Å². The van der Waals surface area contributed by atoms with Gasteiger partial charge in [0.2, 0.25) is 0 Å². The fraction of sp³-hybridized carbons (Fsp3) is 0.438. The van der Waals surface area contributed by atoms with Crippen molar-refractivity contribution in [3.05, 3.63) is 91.0 Å². The number of hydrogen-bond acceptors (Lipinski definition) is 6. The molecule has 3 rings (SSSR count). The van der Waals surface area contributed by atoms with Gasteiger partial charge in [-0.05, 0) is 58.4 Å². The van der Waals surface area contributed by atoms with Crippen LogP contribution in [0, 0.1) is 5.41 Å². The Morgan fingerprint density at radius 1 is 0.415 bits per heavy atom. The van der Waals surface area contributed by atoms with Gasteiger partial charge in [-0.3, -0.25) is 0 Å². The lowest BCUT2D eigenvalue weighted by Gasteiger charge is -2.39. The molecule has 0 saturated carbocycles. The lowest BCUT2D eigenvalue weighted by atomic mass is 9.82. The minimum atomic E-state index is -2.64.